The number of rotatable bonds is 4. The zero-order valence-electron chi connectivity index (χ0n) is 12.1. The first-order chi connectivity index (χ1) is 10.2. The van der Waals surface area contributed by atoms with Crippen LogP contribution in [0.5, 0.6) is 0 Å². The normalized spacial score (nSPS) is 15.0. The molecule has 0 saturated carbocycles. The Morgan fingerprint density at radius 2 is 1.95 bits per heavy atom. The molecule has 3 rings (SSSR count). The molecule has 0 amide bonds. The van der Waals surface area contributed by atoms with E-state index in [2.05, 4.69) is 23.5 Å². The Morgan fingerprint density at radius 3 is 2.76 bits per heavy atom. The van der Waals surface area contributed by atoms with Crippen molar-refractivity contribution < 1.29 is 4.39 Å². The molecule has 0 radical (unpaired) electrons. The molecule has 21 heavy (non-hydrogen) atoms. The second-order valence-corrected chi connectivity index (χ2v) is 6.10. The Balaban J connectivity index is 1.86. The van der Waals surface area contributed by atoms with Crippen LogP contribution < -0.4 is 5.32 Å². The number of likely N-dealkylation sites (N-methyl/N-ethyl adjacent to an activating group) is 1. The van der Waals surface area contributed by atoms with Crippen molar-refractivity contribution in [2.45, 2.75) is 31.7 Å². The van der Waals surface area contributed by atoms with Gasteiger partial charge in [-0.1, -0.05) is 29.8 Å². The maximum absolute atomic E-state index is 14.0. The van der Waals surface area contributed by atoms with E-state index in [1.54, 1.807) is 12.1 Å². The van der Waals surface area contributed by atoms with Crippen molar-refractivity contribution >= 4 is 11.6 Å². The third-order valence-corrected chi connectivity index (χ3v) is 4.52. The van der Waals surface area contributed by atoms with E-state index in [4.69, 9.17) is 11.6 Å². The molecule has 2 aromatic carbocycles. The fraction of sp³-hybridized carbons (Fsp3) is 0.333. The second kappa shape index (κ2) is 6.17. The highest BCUT2D eigenvalue weighted by atomic mass is 35.5. The minimum Gasteiger partial charge on any atom is -0.313 e. The number of fused-ring (bicyclic) bond motifs is 1. The molecule has 1 N–H and O–H groups in total. The first-order valence-corrected chi connectivity index (χ1v) is 7.78. The van der Waals surface area contributed by atoms with Crippen molar-refractivity contribution in [3.63, 3.8) is 0 Å². The summed E-state index contributed by atoms with van der Waals surface area (Å²) < 4.78 is 14.0. The van der Waals surface area contributed by atoms with Crippen LogP contribution in [0.3, 0.4) is 0 Å². The van der Waals surface area contributed by atoms with Gasteiger partial charge >= 0.3 is 0 Å². The summed E-state index contributed by atoms with van der Waals surface area (Å²) in [6, 6.07) is 11.3. The summed E-state index contributed by atoms with van der Waals surface area (Å²) in [5, 5.41) is 3.77. The molecule has 0 saturated heterocycles. The highest BCUT2D eigenvalue weighted by Gasteiger charge is 2.17. The lowest BCUT2D eigenvalue weighted by Crippen LogP contribution is -2.20. The fourth-order valence-electron chi connectivity index (χ4n) is 3.14. The van der Waals surface area contributed by atoms with Crippen molar-refractivity contribution in [2.24, 2.45) is 0 Å². The van der Waals surface area contributed by atoms with E-state index < -0.39 is 0 Å². The van der Waals surface area contributed by atoms with Gasteiger partial charge in [0, 0.05) is 16.6 Å². The molecule has 1 aliphatic rings. The number of halogens is 2. The van der Waals surface area contributed by atoms with Gasteiger partial charge in [-0.3, -0.25) is 0 Å². The number of hydrogen-bond donors (Lipinski definition) is 1. The summed E-state index contributed by atoms with van der Waals surface area (Å²) in [7, 11) is 1.86. The lowest BCUT2D eigenvalue weighted by atomic mass is 9.96. The van der Waals surface area contributed by atoms with E-state index >= 15 is 0 Å². The van der Waals surface area contributed by atoms with Gasteiger partial charge in [0.1, 0.15) is 5.82 Å². The van der Waals surface area contributed by atoms with Crippen LogP contribution in [0.2, 0.25) is 5.02 Å². The van der Waals surface area contributed by atoms with Crippen LogP contribution in [0.4, 0.5) is 4.39 Å². The Kier molecular flexibility index (Phi) is 4.27. The number of hydrogen-bond acceptors (Lipinski definition) is 1. The second-order valence-electron chi connectivity index (χ2n) is 5.67. The third kappa shape index (κ3) is 3.12. The van der Waals surface area contributed by atoms with Crippen LogP contribution >= 0.6 is 11.6 Å². The average Bonchev–Trinajstić information content (AvgIpc) is 2.95. The predicted molar refractivity (Wildman–Crippen MR) is 85.4 cm³/mol. The molecule has 1 unspecified atom stereocenters. The Hall–Kier alpha value is -1.38. The quantitative estimate of drug-likeness (QED) is 0.878. The molecule has 2 aromatic rings. The highest BCUT2D eigenvalue weighted by molar-refractivity contribution is 6.30. The van der Waals surface area contributed by atoms with E-state index in [0.717, 1.165) is 6.42 Å². The van der Waals surface area contributed by atoms with Crippen LogP contribution in [0.25, 0.3) is 0 Å². The van der Waals surface area contributed by atoms with Crippen LogP contribution in [-0.4, -0.2) is 7.05 Å². The minimum atomic E-state index is -0.208. The van der Waals surface area contributed by atoms with Gasteiger partial charge in [-0.05, 0) is 67.6 Å². The van der Waals surface area contributed by atoms with Gasteiger partial charge in [0.15, 0.2) is 0 Å². The van der Waals surface area contributed by atoms with Gasteiger partial charge in [0.05, 0.1) is 0 Å². The van der Waals surface area contributed by atoms with Crippen LogP contribution in [-0.2, 0) is 19.3 Å². The summed E-state index contributed by atoms with van der Waals surface area (Å²) in [4.78, 5) is 0. The largest absolute Gasteiger partial charge is 0.313 e. The summed E-state index contributed by atoms with van der Waals surface area (Å²) in [5.41, 5.74) is 4.79. The molecule has 110 valence electrons. The Morgan fingerprint density at radius 1 is 1.14 bits per heavy atom. The summed E-state index contributed by atoms with van der Waals surface area (Å²) in [5.74, 6) is -0.208. The SMILES string of the molecule is CNC(Cc1ccc2c(c1)CCC2)c1cc(Cl)ccc1F. The van der Waals surface area contributed by atoms with Crippen LogP contribution in [0.15, 0.2) is 36.4 Å². The zero-order chi connectivity index (χ0) is 14.8. The van der Waals surface area contributed by atoms with E-state index in [0.29, 0.717) is 10.6 Å². The van der Waals surface area contributed by atoms with E-state index in [-0.39, 0.29) is 11.9 Å². The number of nitrogens with one attached hydrogen (secondary N) is 1. The fourth-order valence-corrected chi connectivity index (χ4v) is 3.32. The first-order valence-electron chi connectivity index (χ1n) is 7.40. The molecule has 0 spiro atoms. The van der Waals surface area contributed by atoms with Gasteiger partial charge < -0.3 is 5.32 Å². The van der Waals surface area contributed by atoms with E-state index in [1.807, 2.05) is 7.05 Å². The zero-order valence-corrected chi connectivity index (χ0v) is 12.9. The maximum Gasteiger partial charge on any atom is 0.128 e. The summed E-state index contributed by atoms with van der Waals surface area (Å²) >= 11 is 6.00. The topological polar surface area (TPSA) is 12.0 Å². The van der Waals surface area contributed by atoms with Gasteiger partial charge in [-0.2, -0.15) is 0 Å². The van der Waals surface area contributed by atoms with Gasteiger partial charge in [-0.25, -0.2) is 4.39 Å². The molecule has 0 fully saturated rings. The molecular formula is C18H19ClFN. The third-order valence-electron chi connectivity index (χ3n) is 4.28. The average molecular weight is 304 g/mol. The molecule has 0 heterocycles. The standard InChI is InChI=1S/C18H19ClFN/c1-21-18(16-11-15(19)7-8-17(16)20)10-12-5-6-13-3-2-4-14(13)9-12/h5-9,11,18,21H,2-4,10H2,1H3. The van der Waals surface area contributed by atoms with Crippen molar-refractivity contribution in [2.75, 3.05) is 7.05 Å². The predicted octanol–water partition coefficient (Wildman–Crippen LogP) is 4.47. The minimum absolute atomic E-state index is 0.0665. The molecule has 0 aliphatic heterocycles. The van der Waals surface area contributed by atoms with Gasteiger partial charge in [0.25, 0.3) is 0 Å². The summed E-state index contributed by atoms with van der Waals surface area (Å²) in [6.45, 7) is 0. The van der Waals surface area contributed by atoms with E-state index in [1.165, 1.54) is 42.0 Å². The molecule has 1 aliphatic carbocycles. The van der Waals surface area contributed by atoms with Gasteiger partial charge in [-0.15, -0.1) is 0 Å². The Labute approximate surface area is 130 Å². The number of aryl methyl sites for hydroxylation is 2. The van der Waals surface area contributed by atoms with Crippen molar-refractivity contribution in [1.29, 1.82) is 0 Å². The first kappa shape index (κ1) is 14.6. The lowest BCUT2D eigenvalue weighted by Gasteiger charge is -2.18. The Bertz CT molecular complexity index is 654. The van der Waals surface area contributed by atoms with Gasteiger partial charge in [0.2, 0.25) is 0 Å². The highest BCUT2D eigenvalue weighted by Crippen LogP contribution is 2.27. The smallest absolute Gasteiger partial charge is 0.128 e. The molecule has 3 heteroatoms. The van der Waals surface area contributed by atoms with Crippen molar-refractivity contribution in [1.82, 2.24) is 5.32 Å². The van der Waals surface area contributed by atoms with Crippen LogP contribution in [0.1, 0.15) is 34.7 Å². The van der Waals surface area contributed by atoms with Crippen LogP contribution in [0, 0.1) is 5.82 Å². The molecule has 1 atom stereocenters. The molecular weight excluding hydrogens is 285 g/mol. The number of benzene rings is 2. The summed E-state index contributed by atoms with van der Waals surface area (Å²) in [6.07, 6.45) is 4.37. The molecule has 0 aromatic heterocycles. The molecule has 0 bridgehead atoms. The lowest BCUT2D eigenvalue weighted by molar-refractivity contribution is 0.534. The van der Waals surface area contributed by atoms with Crippen molar-refractivity contribution in [3.8, 4) is 0 Å². The molecule has 1 nitrogen and oxygen atoms in total. The van der Waals surface area contributed by atoms with E-state index in [9.17, 15) is 4.39 Å². The maximum atomic E-state index is 14.0. The monoisotopic (exact) mass is 303 g/mol. The van der Waals surface area contributed by atoms with Crippen molar-refractivity contribution in [3.05, 3.63) is 69.5 Å².